The van der Waals surface area contributed by atoms with Crippen LogP contribution in [0.2, 0.25) is 5.02 Å². The van der Waals surface area contributed by atoms with Crippen molar-refractivity contribution in [3.05, 3.63) is 108 Å². The molecule has 6 rings (SSSR count). The second-order valence-electron chi connectivity index (χ2n) is 8.90. The standard InChI is InChI=1S/C28H26ClN5OS/c29-20-5-3-6-23(19-20)33-14-4-8-25(33)27-26(24-7-1-2-13-30-24)31-28(36)34(27)22-11-9-21(10-12-22)32-15-17-35-18-16-32/h1-14,19,26-27H,15-18H2,(H,31,36)/t26-,27-/m0/s1. The van der Waals surface area contributed by atoms with Crippen molar-refractivity contribution in [2.24, 2.45) is 0 Å². The van der Waals surface area contributed by atoms with Gasteiger partial charge in [-0.15, -0.1) is 0 Å². The molecule has 2 atom stereocenters. The van der Waals surface area contributed by atoms with Gasteiger partial charge in [-0.2, -0.15) is 0 Å². The molecule has 4 aromatic rings. The zero-order valence-corrected chi connectivity index (χ0v) is 21.2. The average molecular weight is 516 g/mol. The first-order valence-electron chi connectivity index (χ1n) is 12.1. The second-order valence-corrected chi connectivity index (χ2v) is 9.72. The Morgan fingerprint density at radius 3 is 2.44 bits per heavy atom. The van der Waals surface area contributed by atoms with Crippen molar-refractivity contribution >= 4 is 40.3 Å². The van der Waals surface area contributed by atoms with Crippen LogP contribution in [0.1, 0.15) is 23.5 Å². The maximum Gasteiger partial charge on any atom is 0.174 e. The number of rotatable bonds is 5. The molecule has 0 aliphatic carbocycles. The second kappa shape index (κ2) is 9.93. The predicted molar refractivity (Wildman–Crippen MR) is 148 cm³/mol. The largest absolute Gasteiger partial charge is 0.378 e. The van der Waals surface area contributed by atoms with Crippen LogP contribution >= 0.6 is 23.8 Å². The van der Waals surface area contributed by atoms with Crippen LogP contribution in [0.4, 0.5) is 11.4 Å². The van der Waals surface area contributed by atoms with Crippen molar-refractivity contribution in [3.8, 4) is 5.69 Å². The number of anilines is 2. The van der Waals surface area contributed by atoms with E-state index in [2.05, 4.69) is 73.3 Å². The highest BCUT2D eigenvalue weighted by molar-refractivity contribution is 7.80. The molecule has 2 fully saturated rings. The number of ether oxygens (including phenoxy) is 1. The topological polar surface area (TPSA) is 45.6 Å². The van der Waals surface area contributed by atoms with Crippen molar-refractivity contribution in [2.45, 2.75) is 12.1 Å². The van der Waals surface area contributed by atoms with Gasteiger partial charge in [0.15, 0.2) is 5.11 Å². The molecule has 2 aromatic heterocycles. The third-order valence-corrected chi connectivity index (χ3v) is 7.32. The van der Waals surface area contributed by atoms with Crippen molar-refractivity contribution < 1.29 is 4.74 Å². The summed E-state index contributed by atoms with van der Waals surface area (Å²) in [4.78, 5) is 9.23. The molecule has 8 heteroatoms. The average Bonchev–Trinajstić information content (AvgIpc) is 3.54. The lowest BCUT2D eigenvalue weighted by Gasteiger charge is -2.31. The number of benzene rings is 2. The zero-order chi connectivity index (χ0) is 24.5. The normalized spacial score (nSPS) is 20.0. The molecule has 1 N–H and O–H groups in total. The third kappa shape index (κ3) is 4.34. The Labute approximate surface area is 221 Å². The van der Waals surface area contributed by atoms with E-state index in [4.69, 9.17) is 28.6 Å². The summed E-state index contributed by atoms with van der Waals surface area (Å²) < 4.78 is 7.69. The summed E-state index contributed by atoms with van der Waals surface area (Å²) in [6, 6.07) is 26.5. The van der Waals surface area contributed by atoms with Crippen LogP contribution in [0.25, 0.3) is 5.69 Å². The zero-order valence-electron chi connectivity index (χ0n) is 19.6. The van der Waals surface area contributed by atoms with Gasteiger partial charge in [0.05, 0.1) is 24.9 Å². The minimum atomic E-state index is -0.120. The van der Waals surface area contributed by atoms with Gasteiger partial charge in [0.25, 0.3) is 0 Å². The van der Waals surface area contributed by atoms with E-state index in [0.29, 0.717) is 10.1 Å². The lowest BCUT2D eigenvalue weighted by atomic mass is 10.0. The molecule has 6 nitrogen and oxygen atoms in total. The van der Waals surface area contributed by atoms with Crippen molar-refractivity contribution in [2.75, 3.05) is 36.1 Å². The molecule has 182 valence electrons. The summed E-state index contributed by atoms with van der Waals surface area (Å²) in [5, 5.41) is 4.93. The summed E-state index contributed by atoms with van der Waals surface area (Å²) in [6.45, 7) is 3.33. The molecule has 2 aliphatic heterocycles. The Morgan fingerprint density at radius 1 is 0.889 bits per heavy atom. The molecule has 0 unspecified atom stereocenters. The number of hydrogen-bond acceptors (Lipinski definition) is 4. The van der Waals surface area contributed by atoms with Crippen molar-refractivity contribution in [1.82, 2.24) is 14.9 Å². The smallest absolute Gasteiger partial charge is 0.174 e. The molecule has 2 aliphatic rings. The Kier molecular flexibility index (Phi) is 6.35. The Morgan fingerprint density at radius 2 is 1.69 bits per heavy atom. The number of pyridine rings is 1. The van der Waals surface area contributed by atoms with E-state index in [1.54, 1.807) is 0 Å². The Hall–Kier alpha value is -3.39. The maximum atomic E-state index is 6.35. The summed E-state index contributed by atoms with van der Waals surface area (Å²) in [6.07, 6.45) is 3.89. The van der Waals surface area contributed by atoms with E-state index in [1.165, 1.54) is 5.69 Å². The van der Waals surface area contributed by atoms with Gasteiger partial charge >= 0.3 is 0 Å². The van der Waals surface area contributed by atoms with E-state index in [-0.39, 0.29) is 12.1 Å². The van der Waals surface area contributed by atoms with Crippen LogP contribution in [0, 0.1) is 0 Å². The molecular formula is C28H26ClN5OS. The van der Waals surface area contributed by atoms with Crippen LogP contribution in [0.5, 0.6) is 0 Å². The molecule has 0 spiro atoms. The van der Waals surface area contributed by atoms with Gasteiger partial charge in [-0.05, 0) is 78.9 Å². The molecular weight excluding hydrogens is 490 g/mol. The molecule has 0 amide bonds. The van der Waals surface area contributed by atoms with E-state index < -0.39 is 0 Å². The first-order chi connectivity index (χ1) is 17.7. The van der Waals surface area contributed by atoms with Gasteiger partial charge < -0.3 is 24.4 Å². The third-order valence-electron chi connectivity index (χ3n) is 6.77. The first-order valence-corrected chi connectivity index (χ1v) is 12.8. The number of halogens is 1. The highest BCUT2D eigenvalue weighted by Gasteiger charge is 2.42. The highest BCUT2D eigenvalue weighted by Crippen LogP contribution is 2.42. The monoisotopic (exact) mass is 515 g/mol. The maximum absolute atomic E-state index is 6.35. The van der Waals surface area contributed by atoms with Crippen LogP contribution < -0.4 is 15.1 Å². The minimum absolute atomic E-state index is 0.115. The molecule has 36 heavy (non-hydrogen) atoms. The predicted octanol–water partition coefficient (Wildman–Crippen LogP) is 5.54. The Bertz CT molecular complexity index is 1350. The van der Waals surface area contributed by atoms with Crippen molar-refractivity contribution in [1.29, 1.82) is 0 Å². The van der Waals surface area contributed by atoms with E-state index in [1.807, 2.05) is 42.6 Å². The van der Waals surface area contributed by atoms with Crippen molar-refractivity contribution in [3.63, 3.8) is 0 Å². The number of aromatic nitrogens is 2. The SMILES string of the molecule is S=C1N[C@@H](c2ccccn2)[C@H](c2cccn2-c2cccc(Cl)c2)N1c1ccc(N2CCOCC2)cc1. The molecule has 0 bridgehead atoms. The fraction of sp³-hybridized carbons (Fsp3) is 0.214. The number of nitrogens with one attached hydrogen (secondary N) is 1. The van der Waals surface area contributed by atoms with E-state index in [0.717, 1.165) is 49.1 Å². The quantitative estimate of drug-likeness (QED) is 0.352. The molecule has 0 saturated carbocycles. The van der Waals surface area contributed by atoms with Gasteiger partial charge in [-0.3, -0.25) is 4.98 Å². The van der Waals surface area contributed by atoms with E-state index in [9.17, 15) is 0 Å². The fourth-order valence-corrected chi connectivity index (χ4v) is 5.61. The van der Waals surface area contributed by atoms with Crippen LogP contribution in [0.3, 0.4) is 0 Å². The summed E-state index contributed by atoms with van der Waals surface area (Å²) in [5.41, 5.74) is 5.27. The van der Waals surface area contributed by atoms with Gasteiger partial charge in [0.2, 0.25) is 0 Å². The highest BCUT2D eigenvalue weighted by atomic mass is 35.5. The molecule has 2 aromatic carbocycles. The van der Waals surface area contributed by atoms with Gasteiger partial charge in [0.1, 0.15) is 6.04 Å². The number of thiocarbonyl (C=S) groups is 1. The molecule has 4 heterocycles. The number of morpholine rings is 1. The molecule has 0 radical (unpaired) electrons. The van der Waals surface area contributed by atoms with Crippen LogP contribution in [-0.4, -0.2) is 41.0 Å². The summed E-state index contributed by atoms with van der Waals surface area (Å²) in [5.74, 6) is 0. The molecule has 2 saturated heterocycles. The van der Waals surface area contributed by atoms with Gasteiger partial charge in [0, 0.05) is 53.3 Å². The Balaban J connectivity index is 1.42. The number of hydrogen-bond donors (Lipinski definition) is 1. The van der Waals surface area contributed by atoms with Crippen LogP contribution in [0.15, 0.2) is 91.3 Å². The fourth-order valence-electron chi connectivity index (χ4n) is 5.08. The lowest BCUT2D eigenvalue weighted by Crippen LogP contribution is -2.36. The minimum Gasteiger partial charge on any atom is -0.378 e. The lowest BCUT2D eigenvalue weighted by molar-refractivity contribution is 0.122. The first kappa shape index (κ1) is 23.0. The number of nitrogens with zero attached hydrogens (tertiary/aromatic N) is 4. The summed E-state index contributed by atoms with van der Waals surface area (Å²) >= 11 is 12.3. The summed E-state index contributed by atoms with van der Waals surface area (Å²) in [7, 11) is 0. The van der Waals surface area contributed by atoms with Gasteiger partial charge in [-0.1, -0.05) is 23.7 Å². The van der Waals surface area contributed by atoms with Crippen LogP contribution in [-0.2, 0) is 4.74 Å². The van der Waals surface area contributed by atoms with E-state index >= 15 is 0 Å². The van der Waals surface area contributed by atoms with Gasteiger partial charge in [-0.25, -0.2) is 0 Å².